The van der Waals surface area contributed by atoms with Gasteiger partial charge in [0.25, 0.3) is 0 Å². The number of carbonyl (C=O) groups is 3. The first-order valence-corrected chi connectivity index (χ1v) is 5.46. The molecule has 5 unspecified atom stereocenters. The summed E-state index contributed by atoms with van der Waals surface area (Å²) in [6, 6.07) is 0. The van der Waals surface area contributed by atoms with E-state index in [1.807, 2.05) is 0 Å². The Bertz CT molecular complexity index is 366. The van der Waals surface area contributed by atoms with Crippen molar-refractivity contribution in [3.63, 3.8) is 0 Å². The predicted octanol–water partition coefficient (Wildman–Crippen LogP) is 0.809. The molecular weight excluding hydrogens is 236 g/mol. The number of fused-ring (bicyclic) bond motifs is 2. The van der Waals surface area contributed by atoms with Gasteiger partial charge in [-0.05, 0) is 36.3 Å². The van der Waals surface area contributed by atoms with Crippen molar-refractivity contribution in [1.82, 2.24) is 0 Å². The molecule has 0 aromatic heterocycles. The number of carboxylic acids is 2. The van der Waals surface area contributed by atoms with Gasteiger partial charge in [-0.15, -0.1) is 0 Å². The topological polar surface area (TPSA) is 91.7 Å². The van der Waals surface area contributed by atoms with E-state index in [2.05, 4.69) is 0 Å². The SMILES string of the molecule is O=C(Cl)C1CC2CC1C(C(=O)O)C2C(=O)O. The molecule has 0 aliphatic heterocycles. The molecule has 0 saturated heterocycles. The highest BCUT2D eigenvalue weighted by atomic mass is 35.5. The molecule has 2 N–H and O–H groups in total. The zero-order valence-corrected chi connectivity index (χ0v) is 9.05. The maximum atomic E-state index is 11.1. The lowest BCUT2D eigenvalue weighted by Crippen LogP contribution is -2.39. The quantitative estimate of drug-likeness (QED) is 0.719. The Morgan fingerprint density at radius 1 is 1.00 bits per heavy atom. The van der Waals surface area contributed by atoms with Crippen LogP contribution in [0.4, 0.5) is 0 Å². The number of carbonyl (C=O) groups excluding carboxylic acids is 1. The number of halogens is 1. The van der Waals surface area contributed by atoms with Gasteiger partial charge in [-0.3, -0.25) is 14.4 Å². The van der Waals surface area contributed by atoms with Crippen LogP contribution in [-0.4, -0.2) is 27.4 Å². The van der Waals surface area contributed by atoms with Crippen molar-refractivity contribution in [3.05, 3.63) is 0 Å². The van der Waals surface area contributed by atoms with Crippen LogP contribution in [0, 0.1) is 29.6 Å². The molecule has 0 heterocycles. The fraction of sp³-hybridized carbons (Fsp3) is 0.700. The summed E-state index contributed by atoms with van der Waals surface area (Å²) in [7, 11) is 0. The van der Waals surface area contributed by atoms with E-state index in [-0.39, 0.29) is 5.92 Å². The zero-order valence-electron chi connectivity index (χ0n) is 8.30. The molecule has 5 atom stereocenters. The highest BCUT2D eigenvalue weighted by Crippen LogP contribution is 2.55. The highest BCUT2D eigenvalue weighted by molar-refractivity contribution is 6.64. The molecule has 0 radical (unpaired) electrons. The predicted molar refractivity (Wildman–Crippen MR) is 52.8 cm³/mol. The lowest BCUT2D eigenvalue weighted by molar-refractivity contribution is -0.157. The number of rotatable bonds is 3. The van der Waals surface area contributed by atoms with Crippen LogP contribution < -0.4 is 0 Å². The van der Waals surface area contributed by atoms with Crippen molar-refractivity contribution in [2.24, 2.45) is 29.6 Å². The average molecular weight is 247 g/mol. The second kappa shape index (κ2) is 3.73. The van der Waals surface area contributed by atoms with Crippen LogP contribution in [-0.2, 0) is 14.4 Å². The normalized spacial score (nSPS) is 40.9. The summed E-state index contributed by atoms with van der Waals surface area (Å²) in [4.78, 5) is 33.2. The fourth-order valence-electron chi connectivity index (χ4n) is 3.31. The third-order valence-corrected chi connectivity index (χ3v) is 4.15. The van der Waals surface area contributed by atoms with Crippen LogP contribution in [0.2, 0.25) is 0 Å². The van der Waals surface area contributed by atoms with Gasteiger partial charge in [0.2, 0.25) is 5.24 Å². The van der Waals surface area contributed by atoms with Crippen molar-refractivity contribution in [1.29, 1.82) is 0 Å². The minimum atomic E-state index is -1.14. The first-order chi connectivity index (χ1) is 7.43. The molecule has 2 bridgehead atoms. The Labute approximate surface area is 96.4 Å². The smallest absolute Gasteiger partial charge is 0.307 e. The van der Waals surface area contributed by atoms with Crippen LogP contribution in [0.15, 0.2) is 0 Å². The zero-order chi connectivity index (χ0) is 12.0. The highest BCUT2D eigenvalue weighted by Gasteiger charge is 2.59. The number of carboxylic acid groups (broad SMARTS) is 2. The Hall–Kier alpha value is -1.10. The van der Waals surface area contributed by atoms with Crippen LogP contribution >= 0.6 is 11.6 Å². The Morgan fingerprint density at radius 2 is 1.56 bits per heavy atom. The van der Waals surface area contributed by atoms with E-state index >= 15 is 0 Å². The van der Waals surface area contributed by atoms with Gasteiger partial charge in [0.1, 0.15) is 0 Å². The van der Waals surface area contributed by atoms with Crippen molar-refractivity contribution in [2.75, 3.05) is 0 Å². The van der Waals surface area contributed by atoms with Crippen LogP contribution in [0.25, 0.3) is 0 Å². The van der Waals surface area contributed by atoms with Crippen LogP contribution in [0.5, 0.6) is 0 Å². The molecule has 2 aliphatic carbocycles. The summed E-state index contributed by atoms with van der Waals surface area (Å²) < 4.78 is 0. The van der Waals surface area contributed by atoms with Crippen LogP contribution in [0.1, 0.15) is 12.8 Å². The van der Waals surface area contributed by atoms with Crippen molar-refractivity contribution >= 4 is 28.8 Å². The van der Waals surface area contributed by atoms with Gasteiger partial charge in [-0.1, -0.05) is 0 Å². The lowest BCUT2D eigenvalue weighted by atomic mass is 9.74. The minimum absolute atomic E-state index is 0.226. The molecule has 2 fully saturated rings. The van der Waals surface area contributed by atoms with Gasteiger partial charge in [0.15, 0.2) is 0 Å². The van der Waals surface area contributed by atoms with E-state index in [4.69, 9.17) is 21.8 Å². The fourth-order valence-corrected chi connectivity index (χ4v) is 3.56. The molecule has 0 aromatic carbocycles. The summed E-state index contributed by atoms with van der Waals surface area (Å²) in [5, 5.41) is 17.5. The summed E-state index contributed by atoms with van der Waals surface area (Å²) in [5.74, 6) is -5.17. The van der Waals surface area contributed by atoms with E-state index < -0.39 is 40.9 Å². The van der Waals surface area contributed by atoms with Gasteiger partial charge in [-0.2, -0.15) is 0 Å². The van der Waals surface area contributed by atoms with Crippen LogP contribution in [0.3, 0.4) is 0 Å². The third-order valence-electron chi connectivity index (χ3n) is 3.87. The number of aliphatic carboxylic acids is 2. The third kappa shape index (κ3) is 1.50. The number of hydrogen-bond donors (Lipinski definition) is 2. The molecule has 2 rings (SSSR count). The van der Waals surface area contributed by atoms with E-state index in [0.717, 1.165) is 0 Å². The first kappa shape index (κ1) is 11.4. The molecule has 6 heteroatoms. The molecule has 5 nitrogen and oxygen atoms in total. The summed E-state index contributed by atoms with van der Waals surface area (Å²) in [5.41, 5.74) is 0. The molecule has 2 saturated carbocycles. The summed E-state index contributed by atoms with van der Waals surface area (Å²) in [6.45, 7) is 0. The van der Waals surface area contributed by atoms with E-state index in [0.29, 0.717) is 12.8 Å². The summed E-state index contributed by atoms with van der Waals surface area (Å²) >= 11 is 5.40. The van der Waals surface area contributed by atoms with Gasteiger partial charge in [0.05, 0.1) is 11.8 Å². The maximum Gasteiger partial charge on any atom is 0.307 e. The molecular formula is C10H11ClO5. The molecule has 88 valence electrons. The molecule has 0 amide bonds. The Kier molecular flexibility index (Phi) is 2.66. The van der Waals surface area contributed by atoms with Gasteiger partial charge >= 0.3 is 11.9 Å². The second-order valence-electron chi connectivity index (χ2n) is 4.53. The first-order valence-electron chi connectivity index (χ1n) is 5.08. The monoisotopic (exact) mass is 246 g/mol. The van der Waals surface area contributed by atoms with Gasteiger partial charge < -0.3 is 10.2 Å². The van der Waals surface area contributed by atoms with Gasteiger partial charge in [0, 0.05) is 5.92 Å². The largest absolute Gasteiger partial charge is 0.481 e. The Balaban J connectivity index is 2.29. The second-order valence-corrected chi connectivity index (χ2v) is 4.91. The lowest BCUT2D eigenvalue weighted by Gasteiger charge is -2.28. The van der Waals surface area contributed by atoms with Crippen molar-refractivity contribution in [2.45, 2.75) is 12.8 Å². The van der Waals surface area contributed by atoms with Gasteiger partial charge in [-0.25, -0.2) is 0 Å². The standard InChI is InChI=1S/C10H11ClO5/c11-8(12)5-2-3-1-4(5)7(10(15)16)6(3)9(13)14/h3-7H,1-2H2,(H,13,14)(H,15,16). The van der Waals surface area contributed by atoms with Crippen molar-refractivity contribution in [3.8, 4) is 0 Å². The number of hydrogen-bond acceptors (Lipinski definition) is 3. The molecule has 0 spiro atoms. The average Bonchev–Trinajstić information content (AvgIpc) is 2.72. The van der Waals surface area contributed by atoms with E-state index in [1.54, 1.807) is 0 Å². The Morgan fingerprint density at radius 3 is 2.00 bits per heavy atom. The van der Waals surface area contributed by atoms with E-state index in [1.165, 1.54) is 0 Å². The minimum Gasteiger partial charge on any atom is -0.481 e. The maximum absolute atomic E-state index is 11.1. The molecule has 16 heavy (non-hydrogen) atoms. The van der Waals surface area contributed by atoms with Crippen molar-refractivity contribution < 1.29 is 24.6 Å². The molecule has 2 aliphatic rings. The van der Waals surface area contributed by atoms with E-state index in [9.17, 15) is 14.4 Å². The molecule has 0 aromatic rings. The summed E-state index contributed by atoms with van der Waals surface area (Å²) in [6.07, 6.45) is 0.894.